The van der Waals surface area contributed by atoms with Crippen LogP contribution in [0.1, 0.15) is 42.3 Å². The van der Waals surface area contributed by atoms with Gasteiger partial charge < -0.3 is 15.0 Å². The van der Waals surface area contributed by atoms with E-state index in [4.69, 9.17) is 27.9 Å². The van der Waals surface area contributed by atoms with Crippen LogP contribution < -0.4 is 10.1 Å². The maximum absolute atomic E-state index is 13.6. The van der Waals surface area contributed by atoms with Crippen LogP contribution in [0.5, 0.6) is 5.75 Å². The summed E-state index contributed by atoms with van der Waals surface area (Å²) < 4.78 is 6.73. The molecule has 37 heavy (non-hydrogen) atoms. The lowest BCUT2D eigenvalue weighted by Gasteiger charge is -2.38. The molecule has 2 aromatic carbocycles. The molecule has 0 radical (unpaired) electrons. The quantitative estimate of drug-likeness (QED) is 0.359. The van der Waals surface area contributed by atoms with Crippen molar-refractivity contribution in [3.05, 3.63) is 87.7 Å². The van der Waals surface area contributed by atoms with Gasteiger partial charge in [0, 0.05) is 61.8 Å². The maximum Gasteiger partial charge on any atom is 0.257 e. The van der Waals surface area contributed by atoms with Gasteiger partial charge in [-0.05, 0) is 56.8 Å². The summed E-state index contributed by atoms with van der Waals surface area (Å²) in [5.41, 5.74) is 3.58. The second-order valence-corrected chi connectivity index (χ2v) is 10.8. The van der Waals surface area contributed by atoms with Gasteiger partial charge in [-0.15, -0.1) is 0 Å². The van der Waals surface area contributed by atoms with Gasteiger partial charge in [-0.1, -0.05) is 48.3 Å². The summed E-state index contributed by atoms with van der Waals surface area (Å²) in [6.45, 7) is 8.83. The fourth-order valence-electron chi connectivity index (χ4n) is 4.62. The number of rotatable bonds is 8. The summed E-state index contributed by atoms with van der Waals surface area (Å²) in [6.07, 6.45) is 3.38. The number of para-hydroxylation sites is 1. The molecule has 4 rings (SSSR count). The molecule has 2 atom stereocenters. The first-order valence-corrected chi connectivity index (χ1v) is 13.3. The Morgan fingerprint density at radius 3 is 2.59 bits per heavy atom. The number of fused-ring (bicyclic) bond motifs is 1. The average Bonchev–Trinajstić information content (AvgIpc) is 2.87. The average molecular weight is 542 g/mol. The normalized spacial score (nSPS) is 17.8. The van der Waals surface area contributed by atoms with Crippen LogP contribution in [0, 0.1) is 5.92 Å². The van der Waals surface area contributed by atoms with Crippen molar-refractivity contribution in [2.75, 3.05) is 25.5 Å². The number of amides is 1. The standard InChI is InChI=1S/C29H34Cl2N4O2/c1-19(2)35-16-20(3)27(18-34(4)17-21-8-9-25(30)26(31)14-21)37-28-22(6-5-7-24(28)29(35)36)15-33-23-10-12-32-13-11-23/h5-14,19-20,27H,15-18H2,1-4H3,(H,32,33). The third-order valence-electron chi connectivity index (χ3n) is 6.69. The molecule has 3 aromatic rings. The van der Waals surface area contributed by atoms with Gasteiger partial charge in [0.25, 0.3) is 5.91 Å². The molecule has 0 saturated carbocycles. The molecule has 196 valence electrons. The molecule has 8 heteroatoms. The number of nitrogens with one attached hydrogen (secondary N) is 1. The molecule has 0 saturated heterocycles. The second-order valence-electron chi connectivity index (χ2n) is 10.0. The van der Waals surface area contributed by atoms with Crippen molar-refractivity contribution in [3.8, 4) is 5.75 Å². The van der Waals surface area contributed by atoms with E-state index in [1.807, 2.05) is 53.4 Å². The van der Waals surface area contributed by atoms with Gasteiger partial charge >= 0.3 is 0 Å². The van der Waals surface area contributed by atoms with Crippen LogP contribution in [0.25, 0.3) is 0 Å². The lowest BCUT2D eigenvalue weighted by atomic mass is 9.98. The third-order valence-corrected chi connectivity index (χ3v) is 7.43. The summed E-state index contributed by atoms with van der Waals surface area (Å²) in [5.74, 6) is 0.779. The van der Waals surface area contributed by atoms with Gasteiger partial charge in [-0.25, -0.2) is 0 Å². The Morgan fingerprint density at radius 1 is 1.14 bits per heavy atom. The molecule has 2 heterocycles. The van der Waals surface area contributed by atoms with E-state index in [0.29, 0.717) is 47.5 Å². The first-order valence-electron chi connectivity index (χ1n) is 12.6. The van der Waals surface area contributed by atoms with Crippen molar-refractivity contribution in [1.29, 1.82) is 0 Å². The Hall–Kier alpha value is -2.80. The van der Waals surface area contributed by atoms with Crippen LogP contribution in [-0.2, 0) is 13.1 Å². The number of carbonyl (C=O) groups excluding carboxylic acids is 1. The fourth-order valence-corrected chi connectivity index (χ4v) is 4.94. The van der Waals surface area contributed by atoms with Crippen molar-refractivity contribution < 1.29 is 9.53 Å². The number of aromatic nitrogens is 1. The molecular weight excluding hydrogens is 507 g/mol. The number of pyridine rings is 1. The number of hydrogen-bond acceptors (Lipinski definition) is 5. The Labute approximate surface area is 229 Å². The Morgan fingerprint density at radius 2 is 1.89 bits per heavy atom. The third kappa shape index (κ3) is 6.75. The number of ether oxygens (including phenoxy) is 1. The molecule has 1 aliphatic rings. The summed E-state index contributed by atoms with van der Waals surface area (Å²) in [4.78, 5) is 21.9. The van der Waals surface area contributed by atoms with E-state index < -0.39 is 0 Å². The van der Waals surface area contributed by atoms with Crippen molar-refractivity contribution in [1.82, 2.24) is 14.8 Å². The number of nitrogens with zero attached hydrogens (tertiary/aromatic N) is 3. The van der Waals surface area contributed by atoms with Crippen molar-refractivity contribution in [3.63, 3.8) is 0 Å². The van der Waals surface area contributed by atoms with Crippen LogP contribution in [0.15, 0.2) is 60.9 Å². The minimum atomic E-state index is -0.122. The Kier molecular flexibility index (Phi) is 8.95. The highest BCUT2D eigenvalue weighted by atomic mass is 35.5. The highest BCUT2D eigenvalue weighted by Crippen LogP contribution is 2.32. The lowest BCUT2D eigenvalue weighted by molar-refractivity contribution is 0.0427. The number of benzene rings is 2. The highest BCUT2D eigenvalue weighted by molar-refractivity contribution is 6.42. The number of likely N-dealkylation sites (N-methyl/N-ethyl adjacent to an activating group) is 1. The first-order chi connectivity index (χ1) is 17.7. The van der Waals surface area contributed by atoms with Crippen LogP contribution in [0.2, 0.25) is 10.0 Å². The van der Waals surface area contributed by atoms with E-state index in [0.717, 1.165) is 16.8 Å². The summed E-state index contributed by atoms with van der Waals surface area (Å²) in [6, 6.07) is 15.5. The topological polar surface area (TPSA) is 57.7 Å². The predicted octanol–water partition coefficient (Wildman–Crippen LogP) is 6.38. The molecule has 0 fully saturated rings. The molecule has 1 aromatic heterocycles. The zero-order valence-electron chi connectivity index (χ0n) is 21.7. The Bertz CT molecular complexity index is 1220. The van der Waals surface area contributed by atoms with E-state index in [-0.39, 0.29) is 24.0 Å². The van der Waals surface area contributed by atoms with Crippen LogP contribution in [0.4, 0.5) is 5.69 Å². The van der Waals surface area contributed by atoms with Gasteiger partial charge in [0.2, 0.25) is 0 Å². The van der Waals surface area contributed by atoms with Gasteiger partial charge in [0.1, 0.15) is 11.9 Å². The van der Waals surface area contributed by atoms with Crippen LogP contribution in [-0.4, -0.2) is 53.0 Å². The van der Waals surface area contributed by atoms with E-state index in [9.17, 15) is 4.79 Å². The molecule has 0 bridgehead atoms. The van der Waals surface area contributed by atoms with Gasteiger partial charge in [-0.3, -0.25) is 14.7 Å². The van der Waals surface area contributed by atoms with Crippen molar-refractivity contribution in [2.45, 2.75) is 46.0 Å². The monoisotopic (exact) mass is 540 g/mol. The van der Waals surface area contributed by atoms with Gasteiger partial charge in [0.15, 0.2) is 0 Å². The van der Waals surface area contributed by atoms with Gasteiger partial charge in [-0.2, -0.15) is 0 Å². The minimum Gasteiger partial charge on any atom is -0.488 e. The summed E-state index contributed by atoms with van der Waals surface area (Å²) in [7, 11) is 2.07. The molecule has 0 aliphatic carbocycles. The van der Waals surface area contributed by atoms with Crippen molar-refractivity contribution >= 4 is 34.8 Å². The molecule has 1 aliphatic heterocycles. The minimum absolute atomic E-state index is 0.00484. The zero-order chi connectivity index (χ0) is 26.5. The van der Waals surface area contributed by atoms with Crippen LogP contribution >= 0.6 is 23.2 Å². The molecule has 6 nitrogen and oxygen atoms in total. The second kappa shape index (κ2) is 12.2. The maximum atomic E-state index is 13.6. The van der Waals surface area contributed by atoms with E-state index in [2.05, 4.69) is 43.0 Å². The van der Waals surface area contributed by atoms with Crippen LogP contribution in [0.3, 0.4) is 0 Å². The van der Waals surface area contributed by atoms with E-state index in [1.54, 1.807) is 12.4 Å². The number of halogens is 2. The predicted molar refractivity (Wildman–Crippen MR) is 151 cm³/mol. The number of carbonyl (C=O) groups is 1. The van der Waals surface area contributed by atoms with E-state index in [1.165, 1.54) is 0 Å². The zero-order valence-corrected chi connectivity index (χ0v) is 23.3. The lowest BCUT2D eigenvalue weighted by Crippen LogP contribution is -2.48. The molecular formula is C29H34Cl2N4O2. The smallest absolute Gasteiger partial charge is 0.257 e. The molecule has 2 unspecified atom stereocenters. The number of hydrogen-bond donors (Lipinski definition) is 1. The molecule has 1 amide bonds. The Balaban J connectivity index is 1.61. The summed E-state index contributed by atoms with van der Waals surface area (Å²) in [5, 5.41) is 4.53. The fraction of sp³-hybridized carbons (Fsp3) is 0.379. The first kappa shape index (κ1) is 27.2. The highest BCUT2D eigenvalue weighted by Gasteiger charge is 2.33. The largest absolute Gasteiger partial charge is 0.488 e. The van der Waals surface area contributed by atoms with E-state index >= 15 is 0 Å². The molecule has 0 spiro atoms. The molecule has 1 N–H and O–H groups in total. The SMILES string of the molecule is CC1CN(C(C)C)C(=O)c2cccc(CNc3ccncc3)c2OC1CN(C)Cc1ccc(Cl)c(Cl)c1. The number of anilines is 1. The van der Waals surface area contributed by atoms with Gasteiger partial charge in [0.05, 0.1) is 15.6 Å². The summed E-state index contributed by atoms with van der Waals surface area (Å²) >= 11 is 12.3. The van der Waals surface area contributed by atoms with Crippen molar-refractivity contribution in [2.24, 2.45) is 5.92 Å².